The van der Waals surface area contributed by atoms with Crippen LogP contribution in [0.25, 0.3) is 0 Å². The number of hydrogen-bond donors (Lipinski definition) is 0. The first kappa shape index (κ1) is 21.4. The van der Waals surface area contributed by atoms with Gasteiger partial charge >= 0.3 is 5.97 Å². The van der Waals surface area contributed by atoms with Crippen LogP contribution in [0.2, 0.25) is 5.02 Å². The van der Waals surface area contributed by atoms with Crippen molar-refractivity contribution in [2.45, 2.75) is 13.3 Å². The second-order valence-corrected chi connectivity index (χ2v) is 6.85. The highest BCUT2D eigenvalue weighted by molar-refractivity contribution is 6.32. The van der Waals surface area contributed by atoms with Crippen LogP contribution in [0.15, 0.2) is 66.7 Å². The topological polar surface area (TPSA) is 61.8 Å². The minimum Gasteiger partial charge on any atom is -0.493 e. The lowest BCUT2D eigenvalue weighted by atomic mass is 10.0. The molecule has 0 aliphatic heterocycles. The minimum atomic E-state index is -0.598. The van der Waals surface area contributed by atoms with E-state index in [0.29, 0.717) is 35.0 Å². The number of methoxy groups -OCH3 is 1. The minimum absolute atomic E-state index is 0.104. The summed E-state index contributed by atoms with van der Waals surface area (Å²) in [6.07, 6.45) is 0.812. The Morgan fingerprint density at radius 2 is 1.57 bits per heavy atom. The number of benzene rings is 3. The Hall–Kier alpha value is -3.31. The van der Waals surface area contributed by atoms with Gasteiger partial charge in [0.1, 0.15) is 5.75 Å². The van der Waals surface area contributed by atoms with Crippen molar-refractivity contribution in [3.63, 3.8) is 0 Å². The van der Waals surface area contributed by atoms with Crippen LogP contribution >= 0.6 is 11.6 Å². The van der Waals surface area contributed by atoms with Crippen molar-refractivity contribution >= 4 is 23.4 Å². The number of halogens is 1. The van der Waals surface area contributed by atoms with Crippen LogP contribution < -0.4 is 14.2 Å². The molecule has 3 aromatic rings. The van der Waals surface area contributed by atoms with Gasteiger partial charge in [0.05, 0.1) is 24.3 Å². The first-order valence-electron chi connectivity index (χ1n) is 9.45. The van der Waals surface area contributed by atoms with Gasteiger partial charge in [-0.1, -0.05) is 48.9 Å². The molecule has 0 unspecified atom stereocenters. The quantitative estimate of drug-likeness (QED) is 0.268. The molecule has 3 rings (SSSR count). The summed E-state index contributed by atoms with van der Waals surface area (Å²) in [5.41, 5.74) is 1.32. The summed E-state index contributed by atoms with van der Waals surface area (Å²) < 4.78 is 16.3. The highest BCUT2D eigenvalue weighted by Crippen LogP contribution is 2.36. The predicted octanol–water partition coefficient (Wildman–Crippen LogP) is 5.59. The molecule has 5 nitrogen and oxygen atoms in total. The summed E-state index contributed by atoms with van der Waals surface area (Å²) in [6.45, 7) is 2.46. The number of rotatable bonds is 8. The number of esters is 1. The van der Waals surface area contributed by atoms with Crippen LogP contribution in [-0.2, 0) is 0 Å². The highest BCUT2D eigenvalue weighted by atomic mass is 35.5. The molecule has 0 N–H and O–H groups in total. The van der Waals surface area contributed by atoms with E-state index in [0.717, 1.165) is 6.42 Å². The molecular weight excluding hydrogens is 404 g/mol. The van der Waals surface area contributed by atoms with E-state index < -0.39 is 5.97 Å². The van der Waals surface area contributed by atoms with E-state index in [9.17, 15) is 9.59 Å². The third-order valence-electron chi connectivity index (χ3n) is 4.28. The smallest absolute Gasteiger partial charge is 0.343 e. The lowest BCUT2D eigenvalue weighted by Gasteiger charge is -2.13. The van der Waals surface area contributed by atoms with Crippen LogP contribution in [0.3, 0.4) is 0 Å². The van der Waals surface area contributed by atoms with Gasteiger partial charge in [-0.2, -0.15) is 0 Å². The molecule has 30 heavy (non-hydrogen) atoms. The van der Waals surface area contributed by atoms with Crippen molar-refractivity contribution in [1.82, 2.24) is 0 Å². The van der Waals surface area contributed by atoms with E-state index in [-0.39, 0.29) is 16.4 Å². The first-order valence-corrected chi connectivity index (χ1v) is 9.83. The van der Waals surface area contributed by atoms with E-state index in [1.165, 1.54) is 19.2 Å². The summed E-state index contributed by atoms with van der Waals surface area (Å²) in [7, 11) is 1.47. The van der Waals surface area contributed by atoms with Crippen LogP contribution in [0.4, 0.5) is 0 Å². The molecule has 0 aliphatic rings. The molecule has 154 valence electrons. The Labute approximate surface area is 180 Å². The maximum Gasteiger partial charge on any atom is 0.343 e. The van der Waals surface area contributed by atoms with Gasteiger partial charge in [-0.3, -0.25) is 4.79 Å². The molecule has 0 amide bonds. The van der Waals surface area contributed by atoms with Gasteiger partial charge in [-0.05, 0) is 42.8 Å². The molecule has 0 aliphatic carbocycles. The van der Waals surface area contributed by atoms with Crippen molar-refractivity contribution in [1.29, 1.82) is 0 Å². The van der Waals surface area contributed by atoms with E-state index in [1.807, 2.05) is 13.0 Å². The van der Waals surface area contributed by atoms with Crippen LogP contribution in [0, 0.1) is 0 Å². The van der Waals surface area contributed by atoms with Crippen LogP contribution in [0.1, 0.15) is 39.6 Å². The Morgan fingerprint density at radius 3 is 2.20 bits per heavy atom. The van der Waals surface area contributed by atoms with Gasteiger partial charge in [0, 0.05) is 11.1 Å². The van der Waals surface area contributed by atoms with Gasteiger partial charge in [0.2, 0.25) is 0 Å². The summed E-state index contributed by atoms with van der Waals surface area (Å²) in [5.74, 6) is 0.353. The van der Waals surface area contributed by atoms with Gasteiger partial charge in [-0.25, -0.2) is 4.79 Å². The number of carbonyl (C=O) groups excluding carboxylic acids is 2. The van der Waals surface area contributed by atoms with Crippen molar-refractivity contribution in [3.8, 4) is 17.2 Å². The molecule has 0 bridgehead atoms. The maximum absolute atomic E-state index is 12.6. The van der Waals surface area contributed by atoms with Gasteiger partial charge < -0.3 is 14.2 Å². The standard InChI is InChI=1S/C24H21ClO5/c1-3-13-29-23-20(25)14-18(15-21(23)28-2)24(27)30-19-11-9-17(10-12-19)22(26)16-7-5-4-6-8-16/h4-12,14-15H,3,13H2,1-2H3. The Balaban J connectivity index is 1.74. The number of ether oxygens (including phenoxy) is 3. The number of ketones is 1. The van der Waals surface area contributed by atoms with Crippen LogP contribution in [-0.4, -0.2) is 25.5 Å². The molecule has 0 radical (unpaired) electrons. The molecule has 0 heterocycles. The molecule has 6 heteroatoms. The van der Waals surface area contributed by atoms with Crippen molar-refractivity contribution in [2.75, 3.05) is 13.7 Å². The average Bonchev–Trinajstić information content (AvgIpc) is 2.78. The van der Waals surface area contributed by atoms with Crippen molar-refractivity contribution in [2.24, 2.45) is 0 Å². The zero-order valence-electron chi connectivity index (χ0n) is 16.7. The fraction of sp³-hybridized carbons (Fsp3) is 0.167. The fourth-order valence-electron chi connectivity index (χ4n) is 2.78. The monoisotopic (exact) mass is 424 g/mol. The predicted molar refractivity (Wildman–Crippen MR) is 115 cm³/mol. The Kier molecular flexibility index (Phi) is 7.09. The molecule has 0 aromatic heterocycles. The Morgan fingerprint density at radius 1 is 0.900 bits per heavy atom. The van der Waals surface area contributed by atoms with Crippen molar-refractivity contribution < 1.29 is 23.8 Å². The van der Waals surface area contributed by atoms with Gasteiger partial charge in [-0.15, -0.1) is 0 Å². The Bertz CT molecular complexity index is 1030. The summed E-state index contributed by atoms with van der Waals surface area (Å²) in [5, 5.41) is 0.263. The van der Waals surface area contributed by atoms with E-state index in [1.54, 1.807) is 48.5 Å². The summed E-state index contributed by atoms with van der Waals surface area (Å²) in [4.78, 5) is 25.0. The summed E-state index contributed by atoms with van der Waals surface area (Å²) in [6, 6.07) is 18.4. The SMILES string of the molecule is CCCOc1c(Cl)cc(C(=O)Oc2ccc(C(=O)c3ccccc3)cc2)cc1OC. The molecule has 0 saturated heterocycles. The third kappa shape index (κ3) is 4.99. The first-order chi connectivity index (χ1) is 14.5. The lowest BCUT2D eigenvalue weighted by molar-refractivity contribution is 0.0734. The largest absolute Gasteiger partial charge is 0.493 e. The second kappa shape index (κ2) is 9.94. The van der Waals surface area contributed by atoms with Crippen LogP contribution in [0.5, 0.6) is 17.2 Å². The second-order valence-electron chi connectivity index (χ2n) is 6.45. The number of hydrogen-bond acceptors (Lipinski definition) is 5. The zero-order chi connectivity index (χ0) is 21.5. The molecule has 0 fully saturated rings. The van der Waals surface area contributed by atoms with Gasteiger partial charge in [0.15, 0.2) is 17.3 Å². The van der Waals surface area contributed by atoms with E-state index in [2.05, 4.69) is 0 Å². The van der Waals surface area contributed by atoms with Crippen molar-refractivity contribution in [3.05, 3.63) is 88.4 Å². The zero-order valence-corrected chi connectivity index (χ0v) is 17.4. The number of carbonyl (C=O) groups is 2. The molecule has 3 aromatic carbocycles. The van der Waals surface area contributed by atoms with E-state index in [4.69, 9.17) is 25.8 Å². The molecular formula is C24H21ClO5. The third-order valence-corrected chi connectivity index (χ3v) is 4.56. The molecule has 0 atom stereocenters. The maximum atomic E-state index is 12.6. The lowest BCUT2D eigenvalue weighted by Crippen LogP contribution is -2.10. The summed E-state index contributed by atoms with van der Waals surface area (Å²) >= 11 is 6.26. The normalized spacial score (nSPS) is 10.4. The molecule has 0 spiro atoms. The van der Waals surface area contributed by atoms with E-state index >= 15 is 0 Å². The molecule has 0 saturated carbocycles. The fourth-order valence-corrected chi connectivity index (χ4v) is 3.04. The van der Waals surface area contributed by atoms with Gasteiger partial charge in [0.25, 0.3) is 0 Å². The average molecular weight is 425 g/mol. The highest BCUT2D eigenvalue weighted by Gasteiger charge is 2.18.